The van der Waals surface area contributed by atoms with E-state index in [0.29, 0.717) is 0 Å². The van der Waals surface area contributed by atoms with E-state index in [-0.39, 0.29) is 0 Å². The molecule has 0 aliphatic rings. The molecule has 0 aliphatic heterocycles. The Labute approximate surface area is 114 Å². The molecule has 0 saturated heterocycles. The quantitative estimate of drug-likeness (QED) is 0.611. The van der Waals surface area contributed by atoms with Crippen molar-refractivity contribution >= 4 is 20.2 Å². The summed E-state index contributed by atoms with van der Waals surface area (Å²) in [5, 5.41) is 17.7. The molecule has 0 bridgehead atoms. The molecule has 0 saturated carbocycles. The van der Waals surface area contributed by atoms with Crippen LogP contribution in [-0.4, -0.2) is 25.9 Å². The molecule has 11 heteroatoms. The van der Waals surface area contributed by atoms with Gasteiger partial charge in [-0.15, -0.1) is 0 Å². The summed E-state index contributed by atoms with van der Waals surface area (Å²) in [4.78, 5) is -2.57. The van der Waals surface area contributed by atoms with Gasteiger partial charge in [0, 0.05) is 6.54 Å². The SMILES string of the molecule is N#Cc1cc(CN)c(S(=O)(=O)O)c(S(=O)(=O)O)c1C#N. The highest BCUT2D eigenvalue weighted by atomic mass is 32.2. The molecule has 0 aliphatic carbocycles. The van der Waals surface area contributed by atoms with E-state index in [9.17, 15) is 16.8 Å². The number of nitrogens with two attached hydrogens (primary N) is 1. The molecule has 9 nitrogen and oxygen atoms in total. The van der Waals surface area contributed by atoms with Crippen molar-refractivity contribution in [2.24, 2.45) is 5.73 Å². The van der Waals surface area contributed by atoms with Crippen molar-refractivity contribution in [3.8, 4) is 12.1 Å². The van der Waals surface area contributed by atoms with Crippen molar-refractivity contribution in [2.45, 2.75) is 16.3 Å². The largest absolute Gasteiger partial charge is 0.326 e. The summed E-state index contributed by atoms with van der Waals surface area (Å²) in [5.41, 5.74) is 3.43. The van der Waals surface area contributed by atoms with Gasteiger partial charge in [-0.1, -0.05) is 0 Å². The third kappa shape index (κ3) is 2.77. The second kappa shape index (κ2) is 5.16. The van der Waals surface area contributed by atoms with Crippen molar-refractivity contribution in [3.63, 3.8) is 0 Å². The molecule has 0 spiro atoms. The highest BCUT2D eigenvalue weighted by Gasteiger charge is 2.32. The fraction of sp³-hybridized carbons (Fsp3) is 0.111. The average molecular weight is 317 g/mol. The summed E-state index contributed by atoms with van der Waals surface area (Å²) in [6, 6.07) is 3.65. The first-order valence-electron chi connectivity index (χ1n) is 4.73. The number of nitrogens with zero attached hydrogens (tertiary/aromatic N) is 2. The van der Waals surface area contributed by atoms with Crippen LogP contribution in [0.1, 0.15) is 16.7 Å². The molecule has 4 N–H and O–H groups in total. The number of hydrogen-bond donors (Lipinski definition) is 3. The Hall–Kier alpha value is -2.02. The van der Waals surface area contributed by atoms with Gasteiger partial charge in [-0.25, -0.2) is 0 Å². The monoisotopic (exact) mass is 317 g/mol. The number of nitriles is 2. The lowest BCUT2D eigenvalue weighted by Crippen LogP contribution is -2.16. The van der Waals surface area contributed by atoms with Crippen molar-refractivity contribution in [1.29, 1.82) is 10.5 Å². The Balaban J connectivity index is 4.25. The zero-order valence-corrected chi connectivity index (χ0v) is 11.2. The van der Waals surface area contributed by atoms with Gasteiger partial charge in [-0.2, -0.15) is 27.4 Å². The standard InChI is InChI=1S/C9H7N3O6S2/c10-2-5-1-6(3-11)8(19(13,14)15)9(7(5)4-12)20(16,17)18/h1H,3,11H2,(H,13,14,15)(H,16,17,18). The van der Waals surface area contributed by atoms with Crippen LogP contribution in [0.15, 0.2) is 15.9 Å². The van der Waals surface area contributed by atoms with Gasteiger partial charge in [0.2, 0.25) is 0 Å². The molecule has 20 heavy (non-hydrogen) atoms. The van der Waals surface area contributed by atoms with Crippen LogP contribution in [0, 0.1) is 22.7 Å². The lowest BCUT2D eigenvalue weighted by molar-refractivity contribution is 0.465. The van der Waals surface area contributed by atoms with E-state index in [2.05, 4.69) is 0 Å². The molecule has 0 heterocycles. The summed E-state index contributed by atoms with van der Waals surface area (Å²) in [7, 11) is -10.3. The molecule has 1 rings (SSSR count). The first-order valence-corrected chi connectivity index (χ1v) is 7.61. The van der Waals surface area contributed by atoms with Crippen LogP contribution >= 0.6 is 0 Å². The van der Waals surface area contributed by atoms with Gasteiger partial charge in [0.1, 0.15) is 21.9 Å². The minimum absolute atomic E-state index is 0.421. The van der Waals surface area contributed by atoms with Gasteiger partial charge in [-0.05, 0) is 11.6 Å². The summed E-state index contributed by atoms with van der Waals surface area (Å²) < 4.78 is 63.3. The van der Waals surface area contributed by atoms with Crippen LogP contribution in [0.5, 0.6) is 0 Å². The molecule has 0 unspecified atom stereocenters. The maximum absolute atomic E-state index is 11.3. The smallest absolute Gasteiger partial charge is 0.297 e. The normalized spacial score (nSPS) is 11.7. The molecular weight excluding hydrogens is 310 g/mol. The molecule has 0 fully saturated rings. The maximum Gasteiger partial charge on any atom is 0.297 e. The van der Waals surface area contributed by atoms with Crippen molar-refractivity contribution in [1.82, 2.24) is 0 Å². The molecular formula is C9H7N3O6S2. The van der Waals surface area contributed by atoms with Crippen LogP contribution < -0.4 is 5.73 Å². The lowest BCUT2D eigenvalue weighted by atomic mass is 10.1. The summed E-state index contributed by atoms with van der Waals surface area (Å²) in [5.74, 6) is 0. The molecule has 0 atom stereocenters. The maximum atomic E-state index is 11.3. The van der Waals surface area contributed by atoms with Crippen molar-refractivity contribution in [2.75, 3.05) is 0 Å². The predicted octanol–water partition coefficient (Wildman–Crippen LogP) is -0.618. The van der Waals surface area contributed by atoms with Crippen LogP contribution in [0.2, 0.25) is 0 Å². The minimum Gasteiger partial charge on any atom is -0.326 e. The summed E-state index contributed by atoms with van der Waals surface area (Å²) in [6.07, 6.45) is 0. The molecule has 1 aromatic carbocycles. The number of benzene rings is 1. The van der Waals surface area contributed by atoms with E-state index in [1.807, 2.05) is 0 Å². The second-order valence-electron chi connectivity index (χ2n) is 3.49. The molecule has 106 valence electrons. The van der Waals surface area contributed by atoms with E-state index in [0.717, 1.165) is 6.07 Å². The first kappa shape index (κ1) is 16.0. The van der Waals surface area contributed by atoms with E-state index in [1.54, 1.807) is 0 Å². The molecule has 0 aromatic heterocycles. The Morgan fingerprint density at radius 1 is 1.05 bits per heavy atom. The second-order valence-corrected chi connectivity index (χ2v) is 6.21. The van der Waals surface area contributed by atoms with E-state index in [1.165, 1.54) is 12.1 Å². The number of rotatable bonds is 3. The molecule has 1 aromatic rings. The third-order valence-corrected chi connectivity index (χ3v) is 4.32. The Kier molecular flexibility index (Phi) is 4.14. The number of hydrogen-bond acceptors (Lipinski definition) is 7. The molecule has 0 radical (unpaired) electrons. The van der Waals surface area contributed by atoms with Gasteiger partial charge >= 0.3 is 0 Å². The fourth-order valence-corrected chi connectivity index (χ4v) is 3.79. The zero-order valence-electron chi connectivity index (χ0n) is 9.60. The summed E-state index contributed by atoms with van der Waals surface area (Å²) in [6.45, 7) is -0.544. The Bertz CT molecular complexity index is 858. The van der Waals surface area contributed by atoms with E-state index in [4.69, 9.17) is 25.4 Å². The van der Waals surface area contributed by atoms with E-state index < -0.39 is 53.3 Å². The van der Waals surface area contributed by atoms with Gasteiger partial charge in [0.05, 0.1) is 11.1 Å². The average Bonchev–Trinajstić information content (AvgIpc) is 2.33. The van der Waals surface area contributed by atoms with Gasteiger partial charge in [0.25, 0.3) is 20.2 Å². The van der Waals surface area contributed by atoms with Gasteiger partial charge in [-0.3, -0.25) is 9.11 Å². The predicted molar refractivity (Wildman–Crippen MR) is 63.4 cm³/mol. The van der Waals surface area contributed by atoms with Gasteiger partial charge < -0.3 is 5.73 Å². The molecule has 0 amide bonds. The van der Waals surface area contributed by atoms with Crippen LogP contribution in [-0.2, 0) is 26.8 Å². The van der Waals surface area contributed by atoms with Crippen molar-refractivity contribution in [3.05, 3.63) is 22.8 Å². The van der Waals surface area contributed by atoms with Crippen LogP contribution in [0.25, 0.3) is 0 Å². The summed E-state index contributed by atoms with van der Waals surface area (Å²) >= 11 is 0. The van der Waals surface area contributed by atoms with Crippen LogP contribution in [0.3, 0.4) is 0 Å². The minimum atomic E-state index is -5.19. The lowest BCUT2D eigenvalue weighted by Gasteiger charge is -2.12. The van der Waals surface area contributed by atoms with E-state index >= 15 is 0 Å². The van der Waals surface area contributed by atoms with Gasteiger partial charge in [0.15, 0.2) is 0 Å². The Morgan fingerprint density at radius 3 is 1.85 bits per heavy atom. The first-order chi connectivity index (χ1) is 9.07. The topological polar surface area (TPSA) is 182 Å². The highest BCUT2D eigenvalue weighted by Crippen LogP contribution is 2.30. The zero-order chi connectivity index (χ0) is 15.7. The van der Waals surface area contributed by atoms with Crippen molar-refractivity contribution < 1.29 is 25.9 Å². The Morgan fingerprint density at radius 2 is 1.55 bits per heavy atom. The highest BCUT2D eigenvalue weighted by molar-refractivity contribution is 7.89. The third-order valence-electron chi connectivity index (χ3n) is 2.28. The fourth-order valence-electron chi connectivity index (χ4n) is 1.57. The van der Waals surface area contributed by atoms with Crippen LogP contribution in [0.4, 0.5) is 0 Å².